The minimum Gasteiger partial charge on any atom is -0.503 e. The molecule has 25 heavy (non-hydrogen) atoms. The van der Waals surface area contributed by atoms with Crippen LogP contribution in [0, 0.1) is 6.92 Å². The first kappa shape index (κ1) is 17.2. The van der Waals surface area contributed by atoms with E-state index in [-0.39, 0.29) is 17.8 Å². The molecule has 6 heteroatoms. The van der Waals surface area contributed by atoms with Gasteiger partial charge >= 0.3 is 0 Å². The monoisotopic (exact) mass is 356 g/mol. The fourth-order valence-electron chi connectivity index (χ4n) is 3.07. The number of carbonyl (C=O) groups is 2. The summed E-state index contributed by atoms with van der Waals surface area (Å²) < 4.78 is 0. The Hall–Kier alpha value is -2.66. The summed E-state index contributed by atoms with van der Waals surface area (Å²) in [7, 11) is 0. The highest BCUT2D eigenvalue weighted by Gasteiger charge is 2.44. The molecule has 1 unspecified atom stereocenters. The molecule has 3 rings (SSSR count). The topological polar surface area (TPSA) is 70.5 Å². The number of anilines is 1. The van der Waals surface area contributed by atoms with Crippen molar-refractivity contribution in [1.29, 1.82) is 0 Å². The first-order valence-electron chi connectivity index (χ1n) is 7.91. The number of nitrogens with zero attached hydrogens (tertiary/aromatic N) is 2. The van der Waals surface area contributed by atoms with Crippen LogP contribution < -0.4 is 4.90 Å². The van der Waals surface area contributed by atoms with Crippen molar-refractivity contribution >= 4 is 29.0 Å². The lowest BCUT2D eigenvalue weighted by molar-refractivity contribution is -0.118. The summed E-state index contributed by atoms with van der Waals surface area (Å²) in [4.78, 5) is 30.7. The van der Waals surface area contributed by atoms with E-state index in [4.69, 9.17) is 11.6 Å². The number of Topliss-reactive ketones (excluding diaryl/α,β-unsaturated/α-hetero) is 1. The molecule has 0 bridgehead atoms. The molecule has 0 spiro atoms. The van der Waals surface area contributed by atoms with Crippen molar-refractivity contribution < 1.29 is 14.7 Å². The van der Waals surface area contributed by atoms with Gasteiger partial charge in [-0.25, -0.2) is 0 Å². The van der Waals surface area contributed by atoms with Crippen molar-refractivity contribution in [2.45, 2.75) is 26.3 Å². The second-order valence-electron chi connectivity index (χ2n) is 5.83. The van der Waals surface area contributed by atoms with Gasteiger partial charge in [-0.05, 0) is 42.3 Å². The lowest BCUT2D eigenvalue weighted by Crippen LogP contribution is -2.31. The summed E-state index contributed by atoms with van der Waals surface area (Å²) in [5.41, 5.74) is 2.13. The largest absolute Gasteiger partial charge is 0.503 e. The van der Waals surface area contributed by atoms with Gasteiger partial charge in [0.05, 0.1) is 11.6 Å². The number of benzene rings is 1. The Labute approximate surface area is 150 Å². The zero-order valence-corrected chi connectivity index (χ0v) is 14.6. The van der Waals surface area contributed by atoms with E-state index in [9.17, 15) is 14.7 Å². The summed E-state index contributed by atoms with van der Waals surface area (Å²) in [6.45, 7) is 3.52. The number of amides is 1. The van der Waals surface area contributed by atoms with Crippen LogP contribution in [-0.2, 0) is 9.59 Å². The van der Waals surface area contributed by atoms with Gasteiger partial charge in [-0.3, -0.25) is 19.5 Å². The van der Waals surface area contributed by atoms with Gasteiger partial charge < -0.3 is 5.11 Å². The average Bonchev–Trinajstić information content (AvgIpc) is 2.87. The number of ketones is 1. The van der Waals surface area contributed by atoms with Crippen LogP contribution in [-0.4, -0.2) is 21.8 Å². The normalized spacial score (nSPS) is 17.3. The van der Waals surface area contributed by atoms with E-state index >= 15 is 0 Å². The Morgan fingerprint density at radius 2 is 2.12 bits per heavy atom. The van der Waals surface area contributed by atoms with Gasteiger partial charge in [0.15, 0.2) is 11.5 Å². The maximum Gasteiger partial charge on any atom is 0.294 e. The van der Waals surface area contributed by atoms with Crippen molar-refractivity contribution in [2.75, 3.05) is 4.90 Å². The molecule has 0 aliphatic carbocycles. The maximum atomic E-state index is 12.8. The SMILES string of the molecule is CCC(=O)C1=C(O)C(=O)N(c2ccc(Cl)cc2C)C1c1cccnc1. The van der Waals surface area contributed by atoms with Gasteiger partial charge in [0, 0.05) is 29.5 Å². The zero-order valence-electron chi connectivity index (χ0n) is 13.9. The van der Waals surface area contributed by atoms with Crippen LogP contribution in [0.5, 0.6) is 0 Å². The molecule has 1 aromatic heterocycles. The van der Waals surface area contributed by atoms with Gasteiger partial charge in [-0.15, -0.1) is 0 Å². The number of hydrogen-bond acceptors (Lipinski definition) is 4. The molecule has 0 saturated heterocycles. The molecule has 1 aliphatic heterocycles. The first-order valence-corrected chi connectivity index (χ1v) is 8.29. The number of hydrogen-bond donors (Lipinski definition) is 1. The minimum atomic E-state index is -0.714. The summed E-state index contributed by atoms with van der Waals surface area (Å²) in [6.07, 6.45) is 3.40. The molecule has 1 atom stereocenters. The standard InChI is InChI=1S/C19H17ClN2O3/c1-3-15(23)16-17(12-5-4-8-21-10-12)22(19(25)18(16)24)14-7-6-13(20)9-11(14)2/h4-10,17,24H,3H2,1-2H3. The number of carbonyl (C=O) groups excluding carboxylic acids is 2. The smallest absolute Gasteiger partial charge is 0.294 e. The lowest BCUT2D eigenvalue weighted by atomic mass is 9.95. The van der Waals surface area contributed by atoms with Gasteiger partial charge in [0.1, 0.15) is 0 Å². The van der Waals surface area contributed by atoms with Crippen LogP contribution in [0.3, 0.4) is 0 Å². The van der Waals surface area contributed by atoms with Gasteiger partial charge in [-0.1, -0.05) is 24.6 Å². The third-order valence-electron chi connectivity index (χ3n) is 4.25. The molecule has 1 aromatic carbocycles. The number of pyridine rings is 1. The molecule has 1 amide bonds. The van der Waals surface area contributed by atoms with E-state index < -0.39 is 17.7 Å². The Balaban J connectivity index is 2.20. The molecule has 0 fully saturated rings. The summed E-state index contributed by atoms with van der Waals surface area (Å²) in [6, 6.07) is 7.93. The first-order chi connectivity index (χ1) is 12.0. The highest BCUT2D eigenvalue weighted by Crippen LogP contribution is 2.42. The van der Waals surface area contributed by atoms with E-state index in [1.807, 2.05) is 6.92 Å². The molecule has 2 aromatic rings. The van der Waals surface area contributed by atoms with Crippen LogP contribution in [0.25, 0.3) is 0 Å². The predicted octanol–water partition coefficient (Wildman–Crippen LogP) is 3.92. The number of aromatic nitrogens is 1. The van der Waals surface area contributed by atoms with Crippen molar-refractivity contribution in [3.05, 3.63) is 70.2 Å². The van der Waals surface area contributed by atoms with Gasteiger partial charge in [-0.2, -0.15) is 0 Å². The third kappa shape index (κ3) is 2.91. The highest BCUT2D eigenvalue weighted by molar-refractivity contribution is 6.30. The molecule has 2 heterocycles. The minimum absolute atomic E-state index is 0.106. The number of aryl methyl sites for hydroxylation is 1. The number of aliphatic hydroxyl groups is 1. The summed E-state index contributed by atoms with van der Waals surface area (Å²) in [5.74, 6) is -1.38. The van der Waals surface area contributed by atoms with Crippen LogP contribution in [0.2, 0.25) is 5.02 Å². The second-order valence-corrected chi connectivity index (χ2v) is 6.27. The number of aliphatic hydroxyl groups excluding tert-OH is 1. The van der Waals surface area contributed by atoms with E-state index in [0.717, 1.165) is 5.56 Å². The Bertz CT molecular complexity index is 877. The quantitative estimate of drug-likeness (QED) is 0.901. The Morgan fingerprint density at radius 1 is 1.36 bits per heavy atom. The third-order valence-corrected chi connectivity index (χ3v) is 4.48. The van der Waals surface area contributed by atoms with Crippen LogP contribution >= 0.6 is 11.6 Å². The van der Waals surface area contributed by atoms with Crippen molar-refractivity contribution in [3.63, 3.8) is 0 Å². The molecule has 0 saturated carbocycles. The van der Waals surface area contributed by atoms with Gasteiger partial charge in [0.2, 0.25) is 0 Å². The lowest BCUT2D eigenvalue weighted by Gasteiger charge is -2.28. The Kier molecular flexibility index (Phi) is 4.59. The van der Waals surface area contributed by atoms with Crippen molar-refractivity contribution in [2.24, 2.45) is 0 Å². The van der Waals surface area contributed by atoms with Crippen LogP contribution in [0.4, 0.5) is 5.69 Å². The number of rotatable bonds is 4. The fraction of sp³-hybridized carbons (Fsp3) is 0.211. The summed E-state index contributed by atoms with van der Waals surface area (Å²) >= 11 is 6.02. The van der Waals surface area contributed by atoms with E-state index in [2.05, 4.69) is 4.98 Å². The van der Waals surface area contributed by atoms with Crippen molar-refractivity contribution in [1.82, 2.24) is 4.98 Å². The second kappa shape index (κ2) is 6.69. The highest BCUT2D eigenvalue weighted by atomic mass is 35.5. The molecule has 128 valence electrons. The average molecular weight is 357 g/mol. The predicted molar refractivity (Wildman–Crippen MR) is 95.6 cm³/mol. The van der Waals surface area contributed by atoms with Gasteiger partial charge in [0.25, 0.3) is 5.91 Å². The zero-order chi connectivity index (χ0) is 18.1. The van der Waals surface area contributed by atoms with Crippen LogP contribution in [0.15, 0.2) is 54.1 Å². The molecule has 1 aliphatic rings. The molecule has 1 N–H and O–H groups in total. The van der Waals surface area contributed by atoms with E-state index in [1.54, 1.807) is 49.6 Å². The number of halogens is 1. The molecule has 5 nitrogen and oxygen atoms in total. The summed E-state index contributed by atoms with van der Waals surface area (Å²) in [5, 5.41) is 10.9. The van der Waals surface area contributed by atoms with Crippen molar-refractivity contribution in [3.8, 4) is 0 Å². The molecule has 0 radical (unpaired) electrons. The molecular weight excluding hydrogens is 340 g/mol. The van der Waals surface area contributed by atoms with E-state index in [1.165, 1.54) is 4.90 Å². The maximum absolute atomic E-state index is 12.8. The fourth-order valence-corrected chi connectivity index (χ4v) is 3.30. The molecular formula is C19H17ClN2O3. The van der Waals surface area contributed by atoms with Crippen LogP contribution in [0.1, 0.15) is 30.5 Å². The Morgan fingerprint density at radius 3 is 2.72 bits per heavy atom. The van der Waals surface area contributed by atoms with E-state index in [0.29, 0.717) is 16.3 Å².